The Morgan fingerprint density at radius 3 is 3.00 bits per heavy atom. The molecule has 6 nitrogen and oxygen atoms in total. The van der Waals surface area contributed by atoms with Crippen molar-refractivity contribution >= 4 is 0 Å². The van der Waals surface area contributed by atoms with Crippen molar-refractivity contribution in [1.29, 1.82) is 0 Å². The van der Waals surface area contributed by atoms with Crippen LogP contribution in [-0.2, 0) is 6.42 Å². The first-order valence-electron chi connectivity index (χ1n) is 8.02. The molecule has 0 aromatic carbocycles. The molecule has 1 saturated heterocycles. The van der Waals surface area contributed by atoms with E-state index in [0.29, 0.717) is 19.1 Å². The van der Waals surface area contributed by atoms with E-state index in [1.54, 1.807) is 17.1 Å². The van der Waals surface area contributed by atoms with E-state index >= 15 is 0 Å². The molecule has 0 amide bonds. The highest BCUT2D eigenvalue weighted by Gasteiger charge is 2.24. The number of unbranched alkanes of at least 4 members (excludes halogenated alkanes) is 1. The molecule has 0 saturated carbocycles. The molecule has 0 N–H and O–H groups in total. The summed E-state index contributed by atoms with van der Waals surface area (Å²) in [5, 5.41) is 8.23. The smallest absolute Gasteiger partial charge is 0.139 e. The maximum atomic E-state index is 12.1. The van der Waals surface area contributed by atoms with Crippen LogP contribution in [0.25, 0.3) is 5.69 Å². The van der Waals surface area contributed by atoms with Crippen molar-refractivity contribution in [3.63, 3.8) is 0 Å². The van der Waals surface area contributed by atoms with E-state index in [4.69, 9.17) is 4.74 Å². The molecule has 1 aliphatic rings. The van der Waals surface area contributed by atoms with Gasteiger partial charge in [0.25, 0.3) is 0 Å². The Morgan fingerprint density at radius 1 is 1.35 bits per heavy atom. The normalized spacial score (nSPS) is 17.9. The first-order chi connectivity index (χ1) is 11.3. The van der Waals surface area contributed by atoms with Gasteiger partial charge in [-0.1, -0.05) is 5.21 Å². The number of likely N-dealkylation sites (tertiary alicyclic amines) is 1. The van der Waals surface area contributed by atoms with Crippen LogP contribution in [0.1, 0.15) is 25.0 Å². The third-order valence-electron chi connectivity index (χ3n) is 4.20. The van der Waals surface area contributed by atoms with Crippen LogP contribution in [0.4, 0.5) is 4.39 Å². The van der Waals surface area contributed by atoms with Crippen molar-refractivity contribution in [2.45, 2.75) is 31.7 Å². The molecule has 2 aromatic heterocycles. The summed E-state index contributed by atoms with van der Waals surface area (Å²) in [5.41, 5.74) is 1.68. The van der Waals surface area contributed by atoms with E-state index in [-0.39, 0.29) is 6.67 Å². The number of aromatic nitrogens is 4. The topological polar surface area (TPSA) is 56.1 Å². The molecule has 1 fully saturated rings. The molecule has 124 valence electrons. The minimum atomic E-state index is -0.284. The van der Waals surface area contributed by atoms with Gasteiger partial charge in [0.1, 0.15) is 12.4 Å². The largest absolute Gasteiger partial charge is 0.490 e. The second-order valence-corrected chi connectivity index (χ2v) is 5.91. The average molecular weight is 319 g/mol. The zero-order valence-electron chi connectivity index (χ0n) is 13.4. The Morgan fingerprint density at radius 2 is 2.26 bits per heavy atom. The van der Waals surface area contributed by atoms with Gasteiger partial charge in [0.05, 0.1) is 36.6 Å². The number of hydrogen-bond acceptors (Lipinski definition) is 5. The minimum absolute atomic E-state index is 0.284. The zero-order valence-corrected chi connectivity index (χ0v) is 13.4. The standard InChI is InChI=1S/C16H22FN5O/c1-21-7-5-14(21)12-23-16-8-15(9-18-10-16)22-11-13(19-20-22)4-2-3-6-17/h8-11,14H,2-7,12H2,1H3. The summed E-state index contributed by atoms with van der Waals surface area (Å²) in [6.07, 6.45) is 8.55. The Bertz CT molecular complexity index is 632. The van der Waals surface area contributed by atoms with Crippen molar-refractivity contribution in [3.8, 4) is 11.4 Å². The Labute approximate surface area is 135 Å². The molecular formula is C16H22FN5O. The highest BCUT2D eigenvalue weighted by Crippen LogP contribution is 2.19. The fourth-order valence-electron chi connectivity index (χ4n) is 2.52. The monoisotopic (exact) mass is 319 g/mol. The van der Waals surface area contributed by atoms with Gasteiger partial charge in [-0.25, -0.2) is 4.68 Å². The van der Waals surface area contributed by atoms with Crippen LogP contribution < -0.4 is 4.74 Å². The molecule has 7 heteroatoms. The van der Waals surface area contributed by atoms with E-state index in [1.807, 2.05) is 12.3 Å². The van der Waals surface area contributed by atoms with Crippen LogP contribution in [0, 0.1) is 0 Å². The molecule has 0 spiro atoms. The van der Waals surface area contributed by atoms with Crippen LogP contribution in [0.3, 0.4) is 0 Å². The summed E-state index contributed by atoms with van der Waals surface area (Å²) < 4.78 is 19.6. The molecule has 3 heterocycles. The van der Waals surface area contributed by atoms with Gasteiger partial charge in [-0.15, -0.1) is 5.10 Å². The molecule has 0 bridgehead atoms. The lowest BCUT2D eigenvalue weighted by atomic mass is 10.1. The van der Waals surface area contributed by atoms with E-state index in [2.05, 4.69) is 27.2 Å². The second-order valence-electron chi connectivity index (χ2n) is 5.91. The number of halogens is 1. The maximum absolute atomic E-state index is 12.1. The SMILES string of the molecule is CN1CCC1COc1cncc(-n2cc(CCCCF)nn2)c1. The minimum Gasteiger partial charge on any atom is -0.490 e. The number of aryl methyl sites for hydroxylation is 1. The van der Waals surface area contributed by atoms with Gasteiger partial charge in [-0.05, 0) is 39.3 Å². The van der Waals surface area contributed by atoms with Gasteiger partial charge in [0, 0.05) is 12.1 Å². The van der Waals surface area contributed by atoms with Crippen molar-refractivity contribution in [2.24, 2.45) is 0 Å². The number of rotatable bonds is 8. The number of nitrogens with zero attached hydrogens (tertiary/aromatic N) is 5. The van der Waals surface area contributed by atoms with Crippen molar-refractivity contribution in [2.75, 3.05) is 26.9 Å². The molecule has 1 unspecified atom stereocenters. The molecule has 0 radical (unpaired) electrons. The van der Waals surface area contributed by atoms with Gasteiger partial charge in [0.2, 0.25) is 0 Å². The first kappa shape index (κ1) is 15.9. The van der Waals surface area contributed by atoms with E-state index in [1.165, 1.54) is 6.42 Å². The average Bonchev–Trinajstić information content (AvgIpc) is 3.03. The highest BCUT2D eigenvalue weighted by molar-refractivity contribution is 5.34. The Kier molecular flexibility index (Phi) is 5.17. The summed E-state index contributed by atoms with van der Waals surface area (Å²) in [6.45, 7) is 1.53. The van der Waals surface area contributed by atoms with Crippen LogP contribution in [0.5, 0.6) is 5.75 Å². The fraction of sp³-hybridized carbons (Fsp3) is 0.562. The molecule has 2 aromatic rings. The lowest BCUT2D eigenvalue weighted by molar-refractivity contribution is 0.0767. The van der Waals surface area contributed by atoms with Crippen molar-refractivity contribution < 1.29 is 9.13 Å². The van der Waals surface area contributed by atoms with E-state index < -0.39 is 0 Å². The summed E-state index contributed by atoms with van der Waals surface area (Å²) in [4.78, 5) is 6.49. The zero-order chi connectivity index (χ0) is 16.1. The van der Waals surface area contributed by atoms with Crippen LogP contribution in [0.2, 0.25) is 0 Å². The predicted molar refractivity (Wildman–Crippen MR) is 84.6 cm³/mol. The molecule has 0 aliphatic carbocycles. The lowest BCUT2D eigenvalue weighted by Gasteiger charge is -2.37. The predicted octanol–water partition coefficient (Wildman–Crippen LogP) is 2.04. The molecule has 3 rings (SSSR count). The number of alkyl halides is 1. The van der Waals surface area contributed by atoms with E-state index in [9.17, 15) is 4.39 Å². The van der Waals surface area contributed by atoms with Crippen LogP contribution in [0.15, 0.2) is 24.7 Å². The molecule has 1 aliphatic heterocycles. The van der Waals surface area contributed by atoms with Gasteiger partial charge >= 0.3 is 0 Å². The summed E-state index contributed by atoms with van der Waals surface area (Å²) >= 11 is 0. The number of pyridine rings is 1. The quantitative estimate of drug-likeness (QED) is 0.697. The van der Waals surface area contributed by atoms with E-state index in [0.717, 1.165) is 36.5 Å². The molecular weight excluding hydrogens is 297 g/mol. The van der Waals surface area contributed by atoms with Crippen LogP contribution >= 0.6 is 0 Å². The van der Waals surface area contributed by atoms with Crippen molar-refractivity contribution in [1.82, 2.24) is 24.9 Å². The highest BCUT2D eigenvalue weighted by atomic mass is 19.1. The lowest BCUT2D eigenvalue weighted by Crippen LogP contribution is -2.48. The third-order valence-corrected chi connectivity index (χ3v) is 4.20. The van der Waals surface area contributed by atoms with Gasteiger partial charge in [-0.3, -0.25) is 14.3 Å². The van der Waals surface area contributed by atoms with Crippen molar-refractivity contribution in [3.05, 3.63) is 30.4 Å². The third kappa shape index (κ3) is 4.04. The Balaban J connectivity index is 1.60. The van der Waals surface area contributed by atoms with Crippen LogP contribution in [-0.4, -0.2) is 57.8 Å². The van der Waals surface area contributed by atoms with Gasteiger partial charge < -0.3 is 4.74 Å². The maximum Gasteiger partial charge on any atom is 0.139 e. The summed E-state index contributed by atoms with van der Waals surface area (Å²) in [6, 6.07) is 2.40. The Hall–Kier alpha value is -2.02. The number of ether oxygens (including phenoxy) is 1. The fourth-order valence-corrected chi connectivity index (χ4v) is 2.52. The number of likely N-dealkylation sites (N-methyl/N-ethyl adjacent to an activating group) is 1. The summed E-state index contributed by atoms with van der Waals surface area (Å²) in [7, 11) is 2.10. The van der Waals surface area contributed by atoms with Gasteiger partial charge in [-0.2, -0.15) is 0 Å². The molecule has 1 atom stereocenters. The molecule has 23 heavy (non-hydrogen) atoms. The number of hydrogen-bond donors (Lipinski definition) is 0. The second kappa shape index (κ2) is 7.50. The first-order valence-corrected chi connectivity index (χ1v) is 8.02. The summed E-state index contributed by atoms with van der Waals surface area (Å²) in [5.74, 6) is 0.734. The van der Waals surface area contributed by atoms with Gasteiger partial charge in [0.15, 0.2) is 0 Å².